The van der Waals surface area contributed by atoms with Crippen LogP contribution in [0.15, 0.2) is 24.3 Å². The first-order valence-electron chi connectivity index (χ1n) is 6.73. The minimum absolute atomic E-state index is 0.158. The fourth-order valence-corrected chi connectivity index (χ4v) is 2.32. The highest BCUT2D eigenvalue weighted by Gasteiger charge is 2.39. The lowest BCUT2D eigenvalue weighted by Gasteiger charge is -2.36. The highest BCUT2D eigenvalue weighted by Crippen LogP contribution is 2.31. The fraction of sp³-hybridized carbons (Fsp3) is 0.562. The Balaban J connectivity index is 2.05. The third-order valence-corrected chi connectivity index (χ3v) is 3.99. The van der Waals surface area contributed by atoms with Crippen molar-refractivity contribution in [1.29, 1.82) is 0 Å². The Kier molecular flexibility index (Phi) is 3.33. The van der Waals surface area contributed by atoms with Gasteiger partial charge in [-0.2, -0.15) is 0 Å². The van der Waals surface area contributed by atoms with Gasteiger partial charge in [0.1, 0.15) is 0 Å². The molecule has 1 aliphatic rings. The monoisotopic (exact) mass is 245 g/mol. The lowest BCUT2D eigenvalue weighted by Crippen LogP contribution is -2.54. The second-order valence-corrected chi connectivity index (χ2v) is 6.56. The number of carbonyl (C=O) groups excluding carboxylic acids is 1. The lowest BCUT2D eigenvalue weighted by atomic mass is 9.73. The quantitative estimate of drug-likeness (QED) is 0.889. The average molecular weight is 245 g/mol. The predicted molar refractivity (Wildman–Crippen MR) is 74.6 cm³/mol. The molecule has 0 radical (unpaired) electrons. The molecule has 2 N–H and O–H groups in total. The van der Waals surface area contributed by atoms with E-state index in [4.69, 9.17) is 5.73 Å². The van der Waals surface area contributed by atoms with Gasteiger partial charge in [0.2, 0.25) is 0 Å². The molecule has 1 aromatic carbocycles. The zero-order chi connectivity index (χ0) is 13.4. The molecule has 2 heteroatoms. The van der Waals surface area contributed by atoms with E-state index in [0.717, 1.165) is 24.8 Å². The maximum absolute atomic E-state index is 12.1. The highest BCUT2D eigenvalue weighted by molar-refractivity contribution is 5.90. The first-order chi connectivity index (χ1) is 8.31. The molecular formula is C16H23NO. The van der Waals surface area contributed by atoms with E-state index >= 15 is 0 Å². The summed E-state index contributed by atoms with van der Waals surface area (Å²) < 4.78 is 0. The summed E-state index contributed by atoms with van der Waals surface area (Å²) >= 11 is 0. The molecule has 0 aromatic heterocycles. The number of carbonyl (C=O) groups is 1. The number of rotatable bonds is 3. The summed E-state index contributed by atoms with van der Waals surface area (Å²) in [4.78, 5) is 12.1. The Morgan fingerprint density at radius 1 is 1.22 bits per heavy atom. The summed E-state index contributed by atoms with van der Waals surface area (Å²) in [7, 11) is 0. The van der Waals surface area contributed by atoms with Gasteiger partial charge in [0.25, 0.3) is 0 Å². The van der Waals surface area contributed by atoms with Gasteiger partial charge >= 0.3 is 0 Å². The van der Waals surface area contributed by atoms with Crippen LogP contribution in [0.1, 0.15) is 51.2 Å². The highest BCUT2D eigenvalue weighted by atomic mass is 16.1. The van der Waals surface area contributed by atoms with E-state index in [0.29, 0.717) is 6.42 Å². The summed E-state index contributed by atoms with van der Waals surface area (Å²) in [6.07, 6.45) is 3.27. The largest absolute Gasteiger partial charge is 0.319 e. The molecule has 18 heavy (non-hydrogen) atoms. The molecule has 0 heterocycles. The van der Waals surface area contributed by atoms with Gasteiger partial charge in [0, 0.05) is 6.42 Å². The van der Waals surface area contributed by atoms with Crippen LogP contribution in [-0.2, 0) is 16.6 Å². The van der Waals surface area contributed by atoms with Crippen molar-refractivity contribution in [2.24, 2.45) is 5.73 Å². The van der Waals surface area contributed by atoms with Crippen LogP contribution in [-0.4, -0.2) is 11.3 Å². The van der Waals surface area contributed by atoms with Crippen LogP contribution in [0.3, 0.4) is 0 Å². The van der Waals surface area contributed by atoms with Gasteiger partial charge in [-0.15, -0.1) is 0 Å². The van der Waals surface area contributed by atoms with Crippen molar-refractivity contribution in [3.05, 3.63) is 35.4 Å². The molecule has 1 aromatic rings. The fourth-order valence-electron chi connectivity index (χ4n) is 2.32. The van der Waals surface area contributed by atoms with Crippen molar-refractivity contribution >= 4 is 5.78 Å². The molecule has 2 nitrogen and oxygen atoms in total. The second kappa shape index (κ2) is 4.51. The Bertz CT molecular complexity index is 435. The molecule has 1 aliphatic carbocycles. The van der Waals surface area contributed by atoms with Gasteiger partial charge < -0.3 is 5.73 Å². The van der Waals surface area contributed by atoms with Crippen LogP contribution in [0.5, 0.6) is 0 Å². The van der Waals surface area contributed by atoms with Gasteiger partial charge in [-0.25, -0.2) is 0 Å². The van der Waals surface area contributed by atoms with Crippen molar-refractivity contribution < 1.29 is 4.79 Å². The molecule has 0 unspecified atom stereocenters. The first-order valence-corrected chi connectivity index (χ1v) is 6.73. The number of nitrogens with two attached hydrogens (primary N) is 1. The Hall–Kier alpha value is -1.15. The molecule has 0 aliphatic heterocycles. The van der Waals surface area contributed by atoms with Crippen molar-refractivity contribution in [1.82, 2.24) is 0 Å². The molecule has 2 rings (SSSR count). The molecular weight excluding hydrogens is 222 g/mol. The zero-order valence-electron chi connectivity index (χ0n) is 11.6. The summed E-state index contributed by atoms with van der Waals surface area (Å²) in [6.45, 7) is 6.57. The standard InChI is InChI=1S/C16H23NO/c1-15(2,3)13-7-5-12(6-8-13)11-14(18)16(17)9-4-10-16/h5-8H,4,9-11,17H2,1-3H3. The normalized spacial score (nSPS) is 18.2. The minimum Gasteiger partial charge on any atom is -0.319 e. The SMILES string of the molecule is CC(C)(C)c1ccc(CC(=O)C2(N)CCC2)cc1. The van der Waals surface area contributed by atoms with E-state index in [2.05, 4.69) is 45.0 Å². The molecule has 0 atom stereocenters. The molecule has 1 saturated carbocycles. The summed E-state index contributed by atoms with van der Waals surface area (Å²) in [5, 5.41) is 0. The summed E-state index contributed by atoms with van der Waals surface area (Å²) in [5.74, 6) is 0.192. The van der Waals surface area contributed by atoms with Crippen LogP contribution >= 0.6 is 0 Å². The lowest BCUT2D eigenvalue weighted by molar-refractivity contribution is -0.126. The van der Waals surface area contributed by atoms with Gasteiger partial charge in [-0.1, -0.05) is 45.0 Å². The molecule has 98 valence electrons. The molecule has 1 fully saturated rings. The molecule has 0 bridgehead atoms. The summed E-state index contributed by atoms with van der Waals surface area (Å²) in [5.41, 5.74) is 8.05. The second-order valence-electron chi connectivity index (χ2n) is 6.56. The van der Waals surface area contributed by atoms with Crippen LogP contribution < -0.4 is 5.73 Å². The van der Waals surface area contributed by atoms with Gasteiger partial charge in [-0.05, 0) is 35.8 Å². The number of Topliss-reactive ketones (excluding diaryl/α,β-unsaturated/α-hetero) is 1. The van der Waals surface area contributed by atoms with E-state index in [1.807, 2.05) is 0 Å². The molecule has 0 amide bonds. The van der Waals surface area contributed by atoms with Gasteiger partial charge in [-0.3, -0.25) is 4.79 Å². The third kappa shape index (κ3) is 2.64. The number of benzene rings is 1. The Morgan fingerprint density at radius 2 is 1.78 bits per heavy atom. The van der Waals surface area contributed by atoms with Gasteiger partial charge in [0.15, 0.2) is 5.78 Å². The van der Waals surface area contributed by atoms with Crippen LogP contribution in [0.4, 0.5) is 0 Å². The zero-order valence-corrected chi connectivity index (χ0v) is 11.6. The number of hydrogen-bond donors (Lipinski definition) is 1. The van der Waals surface area contributed by atoms with E-state index < -0.39 is 5.54 Å². The maximum atomic E-state index is 12.1. The number of ketones is 1. The van der Waals surface area contributed by atoms with Crippen LogP contribution in [0, 0.1) is 0 Å². The Labute approximate surface area is 110 Å². The van der Waals surface area contributed by atoms with E-state index in [-0.39, 0.29) is 11.2 Å². The van der Waals surface area contributed by atoms with Crippen molar-refractivity contribution in [2.75, 3.05) is 0 Å². The molecule has 0 spiro atoms. The van der Waals surface area contributed by atoms with Crippen molar-refractivity contribution in [2.45, 2.75) is 57.4 Å². The van der Waals surface area contributed by atoms with Crippen LogP contribution in [0.25, 0.3) is 0 Å². The van der Waals surface area contributed by atoms with E-state index in [1.54, 1.807) is 0 Å². The smallest absolute Gasteiger partial charge is 0.156 e. The van der Waals surface area contributed by atoms with Crippen molar-refractivity contribution in [3.63, 3.8) is 0 Å². The van der Waals surface area contributed by atoms with E-state index in [1.165, 1.54) is 5.56 Å². The minimum atomic E-state index is -0.525. The third-order valence-electron chi connectivity index (χ3n) is 3.99. The summed E-state index contributed by atoms with van der Waals surface area (Å²) in [6, 6.07) is 8.35. The van der Waals surface area contributed by atoms with Crippen LogP contribution in [0.2, 0.25) is 0 Å². The van der Waals surface area contributed by atoms with E-state index in [9.17, 15) is 4.79 Å². The number of hydrogen-bond acceptors (Lipinski definition) is 2. The van der Waals surface area contributed by atoms with Gasteiger partial charge in [0.05, 0.1) is 5.54 Å². The molecule has 0 saturated heterocycles. The maximum Gasteiger partial charge on any atom is 0.156 e. The predicted octanol–water partition coefficient (Wildman–Crippen LogP) is 2.98. The van der Waals surface area contributed by atoms with Crippen molar-refractivity contribution in [3.8, 4) is 0 Å². The first kappa shape index (κ1) is 13.3. The average Bonchev–Trinajstić information content (AvgIpc) is 2.25. The topological polar surface area (TPSA) is 43.1 Å². The Morgan fingerprint density at radius 3 is 2.17 bits per heavy atom.